The Morgan fingerprint density at radius 3 is 2.56 bits per heavy atom. The van der Waals surface area contributed by atoms with Crippen LogP contribution in [0.25, 0.3) is 0 Å². The standard InChI is InChI=1S/C12H15BrN2O3/c1-3-15(7-11(16)14-2)8-4-5-9(12(17)18)10(13)6-8/h4-6H,3,7H2,1-2H3,(H,14,16)(H,17,18). The topological polar surface area (TPSA) is 69.6 Å². The molecule has 1 aromatic rings. The largest absolute Gasteiger partial charge is 0.478 e. The van der Waals surface area contributed by atoms with Crippen LogP contribution >= 0.6 is 15.9 Å². The zero-order valence-corrected chi connectivity index (χ0v) is 11.8. The lowest BCUT2D eigenvalue weighted by atomic mass is 10.2. The Hall–Kier alpha value is -1.56. The number of carboxylic acid groups (broad SMARTS) is 1. The Morgan fingerprint density at radius 1 is 1.44 bits per heavy atom. The molecule has 2 N–H and O–H groups in total. The summed E-state index contributed by atoms with van der Waals surface area (Å²) in [7, 11) is 1.58. The van der Waals surface area contributed by atoms with Crippen LogP contribution in [-0.4, -0.2) is 37.1 Å². The first-order valence-corrected chi connectivity index (χ1v) is 6.27. The lowest BCUT2D eigenvalue weighted by Gasteiger charge is -2.22. The van der Waals surface area contributed by atoms with E-state index in [2.05, 4.69) is 21.2 Å². The van der Waals surface area contributed by atoms with Crippen molar-refractivity contribution in [3.63, 3.8) is 0 Å². The molecule has 0 saturated heterocycles. The fourth-order valence-electron chi connectivity index (χ4n) is 1.51. The summed E-state index contributed by atoms with van der Waals surface area (Å²) >= 11 is 3.22. The molecule has 6 heteroatoms. The van der Waals surface area contributed by atoms with Gasteiger partial charge in [-0.3, -0.25) is 4.79 Å². The number of hydrogen-bond acceptors (Lipinski definition) is 3. The van der Waals surface area contributed by atoms with Crippen molar-refractivity contribution in [2.75, 3.05) is 25.0 Å². The minimum Gasteiger partial charge on any atom is -0.478 e. The maximum atomic E-state index is 11.4. The summed E-state index contributed by atoms with van der Waals surface area (Å²) in [5, 5.41) is 11.5. The quantitative estimate of drug-likeness (QED) is 0.868. The molecule has 0 atom stereocenters. The number of carboxylic acids is 1. The summed E-state index contributed by atoms with van der Waals surface area (Å²) in [6.45, 7) is 2.83. The van der Waals surface area contributed by atoms with E-state index >= 15 is 0 Å². The van der Waals surface area contributed by atoms with E-state index in [1.807, 2.05) is 11.8 Å². The highest BCUT2D eigenvalue weighted by Gasteiger charge is 2.13. The minimum atomic E-state index is -0.984. The second-order valence-electron chi connectivity index (χ2n) is 3.66. The molecule has 1 aromatic carbocycles. The Balaban J connectivity index is 2.97. The molecule has 0 unspecified atom stereocenters. The third-order valence-corrected chi connectivity index (χ3v) is 3.20. The van der Waals surface area contributed by atoms with E-state index in [0.717, 1.165) is 5.69 Å². The molecule has 0 aromatic heterocycles. The van der Waals surface area contributed by atoms with E-state index in [0.29, 0.717) is 11.0 Å². The van der Waals surface area contributed by atoms with Gasteiger partial charge in [-0.05, 0) is 41.1 Å². The first-order chi connectivity index (χ1) is 8.49. The average Bonchev–Trinajstić information content (AvgIpc) is 2.34. The number of nitrogens with zero attached hydrogens (tertiary/aromatic N) is 1. The highest BCUT2D eigenvalue weighted by molar-refractivity contribution is 9.10. The van der Waals surface area contributed by atoms with Gasteiger partial charge in [0.15, 0.2) is 0 Å². The third kappa shape index (κ3) is 3.46. The lowest BCUT2D eigenvalue weighted by Crippen LogP contribution is -2.35. The fraction of sp³-hybridized carbons (Fsp3) is 0.333. The van der Waals surface area contributed by atoms with Crippen molar-refractivity contribution in [3.05, 3.63) is 28.2 Å². The van der Waals surface area contributed by atoms with Gasteiger partial charge in [0.05, 0.1) is 12.1 Å². The first kappa shape index (κ1) is 14.5. The predicted molar refractivity (Wildman–Crippen MR) is 73.1 cm³/mol. The van der Waals surface area contributed by atoms with Crippen LogP contribution in [0, 0.1) is 0 Å². The SMILES string of the molecule is CCN(CC(=O)NC)c1ccc(C(=O)O)c(Br)c1. The van der Waals surface area contributed by atoms with Gasteiger partial charge in [0.1, 0.15) is 0 Å². The van der Waals surface area contributed by atoms with Gasteiger partial charge in [0.25, 0.3) is 0 Å². The van der Waals surface area contributed by atoms with Crippen LogP contribution in [0.5, 0.6) is 0 Å². The van der Waals surface area contributed by atoms with Crippen molar-refractivity contribution in [2.45, 2.75) is 6.92 Å². The van der Waals surface area contributed by atoms with Crippen molar-refractivity contribution >= 4 is 33.5 Å². The number of amides is 1. The normalized spacial score (nSPS) is 9.94. The lowest BCUT2D eigenvalue weighted by molar-refractivity contribution is -0.119. The number of halogens is 1. The molecule has 0 fully saturated rings. The van der Waals surface area contributed by atoms with Gasteiger partial charge in [0.2, 0.25) is 5.91 Å². The molecule has 5 nitrogen and oxygen atoms in total. The van der Waals surface area contributed by atoms with Crippen molar-refractivity contribution in [1.82, 2.24) is 5.32 Å². The van der Waals surface area contributed by atoms with Gasteiger partial charge in [-0.15, -0.1) is 0 Å². The van der Waals surface area contributed by atoms with Crippen LogP contribution < -0.4 is 10.2 Å². The maximum absolute atomic E-state index is 11.4. The predicted octanol–water partition coefficient (Wildman–Crippen LogP) is 1.72. The number of aromatic carboxylic acids is 1. The summed E-state index contributed by atoms with van der Waals surface area (Å²) in [4.78, 5) is 24.1. The molecule has 18 heavy (non-hydrogen) atoms. The van der Waals surface area contributed by atoms with Crippen molar-refractivity contribution in [2.24, 2.45) is 0 Å². The van der Waals surface area contributed by atoms with Gasteiger partial charge in [-0.1, -0.05) is 0 Å². The summed E-state index contributed by atoms with van der Waals surface area (Å²) < 4.78 is 0.503. The fourth-order valence-corrected chi connectivity index (χ4v) is 2.05. The summed E-state index contributed by atoms with van der Waals surface area (Å²) in [5.41, 5.74) is 1.01. The van der Waals surface area contributed by atoms with E-state index in [9.17, 15) is 9.59 Å². The summed E-state index contributed by atoms with van der Waals surface area (Å²) in [5.74, 6) is -1.07. The van der Waals surface area contributed by atoms with Crippen LogP contribution in [0.2, 0.25) is 0 Å². The van der Waals surface area contributed by atoms with E-state index in [4.69, 9.17) is 5.11 Å². The van der Waals surface area contributed by atoms with Gasteiger partial charge in [-0.25, -0.2) is 4.79 Å². The average molecular weight is 315 g/mol. The number of hydrogen-bond donors (Lipinski definition) is 2. The maximum Gasteiger partial charge on any atom is 0.336 e. The second-order valence-corrected chi connectivity index (χ2v) is 4.51. The van der Waals surface area contributed by atoms with Crippen molar-refractivity contribution in [1.29, 1.82) is 0 Å². The molecule has 1 amide bonds. The molecule has 0 heterocycles. The Morgan fingerprint density at radius 2 is 2.11 bits per heavy atom. The molecule has 0 radical (unpaired) electrons. The molecule has 0 saturated carbocycles. The molecular weight excluding hydrogens is 300 g/mol. The van der Waals surface area contributed by atoms with Crippen molar-refractivity contribution in [3.8, 4) is 0 Å². The number of rotatable bonds is 5. The summed E-state index contributed by atoms with van der Waals surface area (Å²) in [6, 6.07) is 4.92. The highest BCUT2D eigenvalue weighted by atomic mass is 79.9. The number of nitrogens with one attached hydrogen (secondary N) is 1. The molecule has 0 bridgehead atoms. The Labute approximate surface area is 114 Å². The van der Waals surface area contributed by atoms with E-state index < -0.39 is 5.97 Å². The molecule has 0 spiro atoms. The first-order valence-electron chi connectivity index (χ1n) is 5.48. The van der Waals surface area contributed by atoms with Gasteiger partial charge in [-0.2, -0.15) is 0 Å². The molecule has 0 aliphatic rings. The Bertz CT molecular complexity index is 463. The third-order valence-electron chi connectivity index (χ3n) is 2.54. The van der Waals surface area contributed by atoms with Crippen LogP contribution in [0.1, 0.15) is 17.3 Å². The van der Waals surface area contributed by atoms with Gasteiger partial charge >= 0.3 is 5.97 Å². The summed E-state index contributed by atoms with van der Waals surface area (Å²) in [6.07, 6.45) is 0. The van der Waals surface area contributed by atoms with Gasteiger partial charge < -0.3 is 15.3 Å². The second kappa shape index (κ2) is 6.39. The number of benzene rings is 1. The number of anilines is 1. The van der Waals surface area contributed by atoms with E-state index in [-0.39, 0.29) is 18.0 Å². The van der Waals surface area contributed by atoms with E-state index in [1.165, 1.54) is 6.07 Å². The Kier molecular flexibility index (Phi) is 5.15. The molecule has 98 valence electrons. The number of carbonyl (C=O) groups is 2. The highest BCUT2D eigenvalue weighted by Crippen LogP contribution is 2.24. The van der Waals surface area contributed by atoms with Crippen molar-refractivity contribution < 1.29 is 14.7 Å². The molecule has 0 aliphatic heterocycles. The zero-order valence-electron chi connectivity index (χ0n) is 10.2. The number of carbonyl (C=O) groups excluding carboxylic acids is 1. The smallest absolute Gasteiger partial charge is 0.336 e. The van der Waals surface area contributed by atoms with Crippen LogP contribution in [-0.2, 0) is 4.79 Å². The molecular formula is C12H15BrN2O3. The minimum absolute atomic E-state index is 0.0877. The van der Waals surface area contributed by atoms with E-state index in [1.54, 1.807) is 19.2 Å². The van der Waals surface area contributed by atoms with Crippen LogP contribution in [0.4, 0.5) is 5.69 Å². The van der Waals surface area contributed by atoms with Crippen LogP contribution in [0.3, 0.4) is 0 Å². The van der Waals surface area contributed by atoms with Gasteiger partial charge in [0, 0.05) is 23.8 Å². The molecule has 1 rings (SSSR count). The van der Waals surface area contributed by atoms with Crippen LogP contribution in [0.15, 0.2) is 22.7 Å². The molecule has 0 aliphatic carbocycles. The monoisotopic (exact) mass is 314 g/mol. The zero-order chi connectivity index (χ0) is 13.7. The number of likely N-dealkylation sites (N-methyl/N-ethyl adjacent to an activating group) is 2.